The van der Waals surface area contributed by atoms with E-state index in [1.807, 2.05) is 6.07 Å². The van der Waals surface area contributed by atoms with Crippen LogP contribution in [0.5, 0.6) is 0 Å². The number of nitrogen functional groups attached to an aromatic ring is 1. The Kier molecular flexibility index (Phi) is 7.95. The summed E-state index contributed by atoms with van der Waals surface area (Å²) in [7, 11) is 0. The number of allylic oxidation sites excluding steroid dienone is 2. The van der Waals surface area contributed by atoms with Crippen LogP contribution >= 0.6 is 0 Å². The molecule has 2 unspecified atom stereocenters. The van der Waals surface area contributed by atoms with Crippen LogP contribution in [0.2, 0.25) is 0 Å². The molecule has 5 rings (SSSR count). The Labute approximate surface area is 239 Å². The zero-order valence-corrected chi connectivity index (χ0v) is 22.3. The average molecular weight is 578 g/mol. The normalized spacial score (nSPS) is 17.5. The fourth-order valence-corrected chi connectivity index (χ4v) is 4.81. The first-order valence-electron chi connectivity index (χ1n) is 13.3. The first kappa shape index (κ1) is 28.8. The van der Waals surface area contributed by atoms with Crippen molar-refractivity contribution < 1.29 is 22.4 Å². The molecular formula is C30H27F4N7O. The van der Waals surface area contributed by atoms with E-state index in [0.717, 1.165) is 35.2 Å². The highest BCUT2D eigenvalue weighted by Crippen LogP contribution is 2.34. The van der Waals surface area contributed by atoms with Gasteiger partial charge in [0.1, 0.15) is 17.4 Å². The van der Waals surface area contributed by atoms with Crippen molar-refractivity contribution in [1.82, 2.24) is 20.4 Å². The molecule has 1 fully saturated rings. The Balaban J connectivity index is 1.43. The number of carbonyl (C=O) groups is 1. The van der Waals surface area contributed by atoms with E-state index >= 15 is 4.39 Å². The lowest BCUT2D eigenvalue weighted by Gasteiger charge is -2.28. The molecule has 12 heteroatoms. The van der Waals surface area contributed by atoms with Gasteiger partial charge < -0.3 is 16.4 Å². The van der Waals surface area contributed by atoms with E-state index in [1.165, 1.54) is 30.3 Å². The lowest BCUT2D eigenvalue weighted by Crippen LogP contribution is -2.39. The van der Waals surface area contributed by atoms with E-state index in [-0.39, 0.29) is 29.5 Å². The molecule has 0 radical (unpaired) electrons. The Morgan fingerprint density at radius 1 is 1.17 bits per heavy atom. The summed E-state index contributed by atoms with van der Waals surface area (Å²) < 4.78 is 56.7. The van der Waals surface area contributed by atoms with E-state index < -0.39 is 35.3 Å². The quantitative estimate of drug-likeness (QED) is 0.160. The van der Waals surface area contributed by atoms with Crippen molar-refractivity contribution in [2.24, 2.45) is 11.7 Å². The predicted octanol–water partition coefficient (Wildman–Crippen LogP) is 5.07. The molecule has 216 valence electrons. The van der Waals surface area contributed by atoms with E-state index in [1.54, 1.807) is 24.3 Å². The van der Waals surface area contributed by atoms with Gasteiger partial charge in [0.2, 0.25) is 0 Å². The molecule has 2 aromatic carbocycles. The minimum absolute atomic E-state index is 0.0489. The lowest BCUT2D eigenvalue weighted by atomic mass is 9.89. The van der Waals surface area contributed by atoms with Crippen molar-refractivity contribution in [1.29, 1.82) is 10.7 Å². The molecule has 1 heterocycles. The summed E-state index contributed by atoms with van der Waals surface area (Å²) >= 11 is 0. The smallest absolute Gasteiger partial charge is 0.384 e. The Hall–Kier alpha value is -4.76. The van der Waals surface area contributed by atoms with Crippen LogP contribution in [0.15, 0.2) is 78.1 Å². The molecule has 1 amide bonds. The number of hydrogen-bond donors (Lipinski definition) is 4. The number of carbonyl (C=O) groups excluding carboxylic acids is 1. The molecule has 3 aromatic rings. The van der Waals surface area contributed by atoms with Crippen LogP contribution in [0.4, 0.5) is 17.6 Å². The number of nitrogens with two attached hydrogens (primary N) is 1. The molecule has 1 aromatic heterocycles. The van der Waals surface area contributed by atoms with E-state index in [2.05, 4.69) is 21.8 Å². The van der Waals surface area contributed by atoms with Crippen molar-refractivity contribution in [3.8, 4) is 11.8 Å². The molecule has 5 N–H and O–H groups in total. The monoisotopic (exact) mass is 577 g/mol. The number of alkyl halides is 3. The lowest BCUT2D eigenvalue weighted by molar-refractivity contribution is -0.141. The van der Waals surface area contributed by atoms with Crippen LogP contribution in [0.3, 0.4) is 0 Å². The molecule has 0 aliphatic heterocycles. The third-order valence-corrected chi connectivity index (χ3v) is 7.20. The zero-order chi connectivity index (χ0) is 30.0. The van der Waals surface area contributed by atoms with Gasteiger partial charge in [-0.1, -0.05) is 30.3 Å². The first-order chi connectivity index (χ1) is 20.0. The van der Waals surface area contributed by atoms with Crippen LogP contribution in [0.1, 0.15) is 58.2 Å². The molecule has 0 spiro atoms. The van der Waals surface area contributed by atoms with E-state index in [4.69, 9.17) is 11.1 Å². The second kappa shape index (κ2) is 11.6. The summed E-state index contributed by atoms with van der Waals surface area (Å²) in [5.41, 5.74) is 6.09. The van der Waals surface area contributed by atoms with Gasteiger partial charge in [-0.15, -0.1) is 0 Å². The van der Waals surface area contributed by atoms with Crippen LogP contribution < -0.4 is 16.4 Å². The zero-order valence-electron chi connectivity index (χ0n) is 22.3. The van der Waals surface area contributed by atoms with E-state index in [9.17, 15) is 23.2 Å². The molecule has 0 bridgehead atoms. The van der Waals surface area contributed by atoms with Gasteiger partial charge >= 0.3 is 6.18 Å². The standard InChI is InChI=1S/C30H27F4N7O/c31-23-10-9-20(27(38-16-17-7-8-17)19-4-1-3-18(11-19)15-35)13-24(23)39-29(42)25-14-26(30(32,33)34)40-41(25)22-6-2-5-21(12-22)28(36)37/h1-6,9-12,14,17,24,27,38H,7-8,13,16H2,(H3,36,37)(H,39,42). The van der Waals surface area contributed by atoms with Gasteiger partial charge in [-0.05, 0) is 73.2 Å². The molecule has 2 aliphatic carbocycles. The van der Waals surface area contributed by atoms with Crippen LogP contribution in [0, 0.1) is 22.7 Å². The minimum atomic E-state index is -4.84. The summed E-state index contributed by atoms with van der Waals surface area (Å²) in [5.74, 6) is -1.40. The highest BCUT2D eigenvalue weighted by molar-refractivity contribution is 5.96. The SMILES string of the molecule is N#Cc1cccc(C(NCC2CC2)C2=CC=C(F)C(NC(=O)c3cc(C(F)(F)F)nn3-c3cccc(C(=N)N)c3)C2)c1. The fraction of sp³-hybridized carbons (Fsp3) is 0.267. The second-order valence-electron chi connectivity index (χ2n) is 10.3. The summed E-state index contributed by atoms with van der Waals surface area (Å²) in [6.45, 7) is 0.723. The number of benzene rings is 2. The summed E-state index contributed by atoms with van der Waals surface area (Å²) in [5, 5.41) is 26.6. The maximum absolute atomic E-state index is 15.1. The number of nitriles is 1. The van der Waals surface area contributed by atoms with Gasteiger partial charge in [0.05, 0.1) is 29.4 Å². The van der Waals surface area contributed by atoms with Gasteiger partial charge in [0.15, 0.2) is 5.69 Å². The topological polar surface area (TPSA) is 133 Å². The maximum Gasteiger partial charge on any atom is 0.435 e. The number of amides is 1. The summed E-state index contributed by atoms with van der Waals surface area (Å²) in [6, 6.07) is 14.0. The second-order valence-corrected chi connectivity index (χ2v) is 10.3. The molecule has 8 nitrogen and oxygen atoms in total. The van der Waals surface area contributed by atoms with Crippen LogP contribution in [-0.4, -0.2) is 34.1 Å². The van der Waals surface area contributed by atoms with Crippen molar-refractivity contribution in [3.63, 3.8) is 0 Å². The summed E-state index contributed by atoms with van der Waals surface area (Å²) in [6.07, 6.45) is 0.274. The predicted molar refractivity (Wildman–Crippen MR) is 147 cm³/mol. The fourth-order valence-electron chi connectivity index (χ4n) is 4.81. The molecule has 2 atom stereocenters. The molecule has 42 heavy (non-hydrogen) atoms. The van der Waals surface area contributed by atoms with Gasteiger partial charge in [-0.2, -0.15) is 23.5 Å². The van der Waals surface area contributed by atoms with Crippen molar-refractivity contribution >= 4 is 11.7 Å². The number of nitrogens with one attached hydrogen (secondary N) is 3. The number of amidine groups is 1. The van der Waals surface area contributed by atoms with Crippen molar-refractivity contribution in [2.75, 3.05) is 6.54 Å². The highest BCUT2D eigenvalue weighted by Gasteiger charge is 2.37. The average Bonchev–Trinajstić information content (AvgIpc) is 3.68. The number of nitrogens with zero attached hydrogens (tertiary/aromatic N) is 3. The Morgan fingerprint density at radius 2 is 1.93 bits per heavy atom. The van der Waals surface area contributed by atoms with Crippen LogP contribution in [0.25, 0.3) is 5.69 Å². The molecular weight excluding hydrogens is 550 g/mol. The number of halogens is 4. The van der Waals surface area contributed by atoms with Crippen molar-refractivity contribution in [2.45, 2.75) is 37.5 Å². The molecule has 2 aliphatic rings. The molecule has 0 saturated heterocycles. The van der Waals surface area contributed by atoms with Gasteiger partial charge in [0.25, 0.3) is 5.91 Å². The highest BCUT2D eigenvalue weighted by atomic mass is 19.4. The first-order valence-corrected chi connectivity index (χ1v) is 13.3. The third kappa shape index (κ3) is 6.42. The Bertz CT molecular complexity index is 1630. The minimum Gasteiger partial charge on any atom is -0.384 e. The summed E-state index contributed by atoms with van der Waals surface area (Å²) in [4.78, 5) is 13.4. The van der Waals surface area contributed by atoms with Gasteiger partial charge in [0, 0.05) is 11.6 Å². The van der Waals surface area contributed by atoms with Crippen LogP contribution in [-0.2, 0) is 6.18 Å². The third-order valence-electron chi connectivity index (χ3n) is 7.20. The number of aromatic nitrogens is 2. The number of hydrogen-bond acceptors (Lipinski definition) is 5. The van der Waals surface area contributed by atoms with Gasteiger partial charge in [-0.25, -0.2) is 9.07 Å². The maximum atomic E-state index is 15.1. The van der Waals surface area contributed by atoms with Crippen molar-refractivity contribution in [3.05, 3.63) is 106 Å². The molecule has 1 saturated carbocycles. The number of rotatable bonds is 9. The Morgan fingerprint density at radius 3 is 2.62 bits per heavy atom. The van der Waals surface area contributed by atoms with E-state index in [0.29, 0.717) is 17.5 Å². The largest absolute Gasteiger partial charge is 0.435 e. The van der Waals surface area contributed by atoms with Gasteiger partial charge in [-0.3, -0.25) is 10.2 Å².